The number of hydrogen-bond donors (Lipinski definition) is 0. The predicted octanol–water partition coefficient (Wildman–Crippen LogP) is 7.03. The Labute approximate surface area is 162 Å². The maximum Gasteiger partial charge on any atom is 0.297 e. The Morgan fingerprint density at radius 3 is 2.48 bits per heavy atom. The maximum absolute atomic E-state index is 6.42. The minimum absolute atomic E-state index is 0.282. The minimum atomic E-state index is 0.282. The van der Waals surface area contributed by atoms with Crippen LogP contribution in [0, 0.1) is 0 Å². The number of nitrogens with zero attached hydrogens (tertiary/aromatic N) is 2. The lowest BCUT2D eigenvalue weighted by molar-refractivity contribution is 0.339. The summed E-state index contributed by atoms with van der Waals surface area (Å²) < 4.78 is 7.67. The van der Waals surface area contributed by atoms with Gasteiger partial charge < -0.3 is 4.74 Å². The zero-order valence-corrected chi connectivity index (χ0v) is 16.6. The number of rotatable bonds is 5. The molecule has 3 rings (SSSR count). The van der Waals surface area contributed by atoms with Crippen LogP contribution >= 0.6 is 34.8 Å². The molecule has 0 aliphatic heterocycles. The smallest absolute Gasteiger partial charge is 0.297 e. The van der Waals surface area contributed by atoms with E-state index in [0.717, 1.165) is 35.0 Å². The van der Waals surface area contributed by atoms with Crippen LogP contribution < -0.4 is 4.74 Å². The summed E-state index contributed by atoms with van der Waals surface area (Å²) in [4.78, 5) is 4.71. The number of benzene rings is 2. The minimum Gasteiger partial charge on any atom is -0.468 e. The van der Waals surface area contributed by atoms with Gasteiger partial charge in [-0.1, -0.05) is 60.3 Å². The Kier molecular flexibility index (Phi) is 5.47. The Hall–Kier alpha value is -1.42. The van der Waals surface area contributed by atoms with Crippen LogP contribution in [-0.4, -0.2) is 16.7 Å². The van der Waals surface area contributed by atoms with Gasteiger partial charge in [0.2, 0.25) is 0 Å². The van der Waals surface area contributed by atoms with Gasteiger partial charge in [0, 0.05) is 17.2 Å². The fourth-order valence-corrected chi connectivity index (χ4v) is 3.81. The number of ether oxygens (including phenoxy) is 1. The highest BCUT2D eigenvalue weighted by Crippen LogP contribution is 2.39. The molecule has 0 bridgehead atoms. The summed E-state index contributed by atoms with van der Waals surface area (Å²) in [5, 5.41) is 1.43. The van der Waals surface area contributed by atoms with Crippen LogP contribution in [0.1, 0.15) is 32.7 Å². The molecule has 0 radical (unpaired) electrons. The number of halogens is 3. The summed E-state index contributed by atoms with van der Waals surface area (Å²) in [6.07, 6.45) is 2.13. The van der Waals surface area contributed by atoms with Gasteiger partial charge in [0.15, 0.2) is 0 Å². The van der Waals surface area contributed by atoms with E-state index in [0.29, 0.717) is 21.1 Å². The molecule has 0 amide bonds. The molecule has 2 aromatic carbocycles. The summed E-state index contributed by atoms with van der Waals surface area (Å²) in [7, 11) is 1.64. The highest BCUT2D eigenvalue weighted by atomic mass is 35.5. The van der Waals surface area contributed by atoms with Crippen molar-refractivity contribution in [2.45, 2.75) is 32.7 Å². The van der Waals surface area contributed by atoms with E-state index >= 15 is 0 Å². The van der Waals surface area contributed by atoms with Crippen LogP contribution in [0.5, 0.6) is 6.01 Å². The third-order valence-corrected chi connectivity index (χ3v) is 5.35. The van der Waals surface area contributed by atoms with E-state index in [1.165, 1.54) is 0 Å². The second kappa shape index (κ2) is 7.45. The van der Waals surface area contributed by atoms with Gasteiger partial charge in [0.1, 0.15) is 5.52 Å². The molecule has 1 unspecified atom stereocenters. The van der Waals surface area contributed by atoms with Crippen molar-refractivity contribution >= 4 is 45.8 Å². The second-order valence-corrected chi connectivity index (χ2v) is 7.25. The fraction of sp³-hybridized carbons (Fsp3) is 0.316. The first kappa shape index (κ1) is 18.4. The molecule has 0 saturated carbocycles. The topological polar surface area (TPSA) is 27.1 Å². The van der Waals surface area contributed by atoms with Gasteiger partial charge in [-0.15, -0.1) is 0 Å². The van der Waals surface area contributed by atoms with Gasteiger partial charge in [0.25, 0.3) is 6.01 Å². The summed E-state index contributed by atoms with van der Waals surface area (Å²) in [6.45, 7) is 4.34. The average Bonchev–Trinajstić information content (AvgIpc) is 2.97. The van der Waals surface area contributed by atoms with Crippen LogP contribution in [0.15, 0.2) is 30.3 Å². The number of hydrogen-bond acceptors (Lipinski definition) is 2. The molecule has 25 heavy (non-hydrogen) atoms. The zero-order valence-electron chi connectivity index (χ0n) is 14.3. The SMILES string of the molecule is CCCC(C)n1c(OC)nc2c(-c3cc(Cl)c(Cl)cc3Cl)cccc21. The molecule has 0 N–H and O–H groups in total. The lowest BCUT2D eigenvalue weighted by Gasteiger charge is -2.15. The van der Waals surface area contributed by atoms with E-state index in [4.69, 9.17) is 44.5 Å². The van der Waals surface area contributed by atoms with E-state index in [1.807, 2.05) is 18.2 Å². The number of fused-ring (bicyclic) bond motifs is 1. The molecule has 1 aromatic heterocycles. The van der Waals surface area contributed by atoms with Crippen molar-refractivity contribution in [2.75, 3.05) is 7.11 Å². The van der Waals surface area contributed by atoms with Gasteiger partial charge >= 0.3 is 0 Å². The molecule has 3 nitrogen and oxygen atoms in total. The standard InChI is InChI=1S/C19H19Cl3N2O/c1-4-6-11(2)24-17-8-5-7-12(18(17)23-19(24)25-3)13-9-15(21)16(22)10-14(13)20/h5,7-11H,4,6H2,1-3H3. The van der Waals surface area contributed by atoms with Crippen LogP contribution in [0.3, 0.4) is 0 Å². The Bertz CT molecular complexity index is 921. The number of para-hydroxylation sites is 1. The summed E-state index contributed by atoms with van der Waals surface area (Å²) in [5.74, 6) is 0. The highest BCUT2D eigenvalue weighted by molar-refractivity contribution is 6.44. The van der Waals surface area contributed by atoms with Gasteiger partial charge in [-0.3, -0.25) is 4.57 Å². The largest absolute Gasteiger partial charge is 0.468 e. The van der Waals surface area contributed by atoms with Gasteiger partial charge in [-0.25, -0.2) is 0 Å². The van der Waals surface area contributed by atoms with Gasteiger partial charge in [-0.2, -0.15) is 4.98 Å². The molecular weight excluding hydrogens is 379 g/mol. The van der Waals surface area contributed by atoms with Crippen LogP contribution in [0.4, 0.5) is 0 Å². The number of aromatic nitrogens is 2. The second-order valence-electron chi connectivity index (χ2n) is 6.03. The molecule has 0 aliphatic rings. The molecule has 1 heterocycles. The first-order valence-corrected chi connectivity index (χ1v) is 9.31. The number of imidazole rings is 1. The molecule has 132 valence electrons. The van der Waals surface area contributed by atoms with Gasteiger partial charge in [-0.05, 0) is 31.5 Å². The van der Waals surface area contributed by atoms with Crippen molar-refractivity contribution in [3.05, 3.63) is 45.4 Å². The van der Waals surface area contributed by atoms with Crippen molar-refractivity contribution in [1.82, 2.24) is 9.55 Å². The summed E-state index contributed by atoms with van der Waals surface area (Å²) in [5.41, 5.74) is 3.55. The van der Waals surface area contributed by atoms with Crippen molar-refractivity contribution in [3.63, 3.8) is 0 Å². The molecule has 0 spiro atoms. The lowest BCUT2D eigenvalue weighted by atomic mass is 10.0. The molecule has 1 atom stereocenters. The van der Waals surface area contributed by atoms with Crippen molar-refractivity contribution in [3.8, 4) is 17.1 Å². The molecular formula is C19H19Cl3N2O. The predicted molar refractivity (Wildman–Crippen MR) is 106 cm³/mol. The third-order valence-electron chi connectivity index (χ3n) is 4.32. The average molecular weight is 398 g/mol. The molecule has 3 aromatic rings. The van der Waals surface area contributed by atoms with Crippen molar-refractivity contribution in [1.29, 1.82) is 0 Å². The quantitative estimate of drug-likeness (QED) is 0.432. The van der Waals surface area contributed by atoms with E-state index in [2.05, 4.69) is 18.4 Å². The molecule has 0 saturated heterocycles. The Morgan fingerprint density at radius 1 is 1.08 bits per heavy atom. The normalized spacial score (nSPS) is 12.6. The Morgan fingerprint density at radius 2 is 1.80 bits per heavy atom. The molecule has 0 aliphatic carbocycles. The van der Waals surface area contributed by atoms with Crippen molar-refractivity contribution < 1.29 is 4.74 Å². The maximum atomic E-state index is 6.42. The van der Waals surface area contributed by atoms with Crippen molar-refractivity contribution in [2.24, 2.45) is 0 Å². The lowest BCUT2D eigenvalue weighted by Crippen LogP contribution is -2.06. The first-order valence-electron chi connectivity index (χ1n) is 8.17. The molecule has 0 fully saturated rings. The monoisotopic (exact) mass is 396 g/mol. The third kappa shape index (κ3) is 3.33. The van der Waals surface area contributed by atoms with Gasteiger partial charge in [0.05, 0.1) is 27.7 Å². The van der Waals surface area contributed by atoms with Crippen LogP contribution in [0.2, 0.25) is 15.1 Å². The van der Waals surface area contributed by atoms with E-state index in [-0.39, 0.29) is 6.04 Å². The van der Waals surface area contributed by atoms with E-state index in [9.17, 15) is 0 Å². The van der Waals surface area contributed by atoms with E-state index < -0.39 is 0 Å². The highest BCUT2D eigenvalue weighted by Gasteiger charge is 2.20. The fourth-order valence-electron chi connectivity index (χ4n) is 3.16. The summed E-state index contributed by atoms with van der Waals surface area (Å²) in [6, 6.07) is 10.3. The number of methoxy groups -OCH3 is 1. The Balaban J connectivity index is 2.27. The summed E-state index contributed by atoms with van der Waals surface area (Å²) >= 11 is 18.7. The van der Waals surface area contributed by atoms with Crippen LogP contribution in [-0.2, 0) is 0 Å². The van der Waals surface area contributed by atoms with E-state index in [1.54, 1.807) is 19.2 Å². The molecule has 6 heteroatoms. The van der Waals surface area contributed by atoms with Crippen LogP contribution in [0.25, 0.3) is 22.2 Å². The first-order chi connectivity index (χ1) is 12.0. The zero-order chi connectivity index (χ0) is 18.1.